The maximum atomic E-state index is 12.0. The van der Waals surface area contributed by atoms with E-state index < -0.39 is 11.4 Å². The molecule has 0 aliphatic heterocycles. The summed E-state index contributed by atoms with van der Waals surface area (Å²) in [7, 11) is 1.38. The molecule has 0 aromatic rings. The molecule has 0 bridgehead atoms. The molecule has 2 aliphatic rings. The Hall–Kier alpha value is -1.58. The van der Waals surface area contributed by atoms with Crippen molar-refractivity contribution in [3.8, 4) is 0 Å². The highest BCUT2D eigenvalue weighted by Crippen LogP contribution is 2.62. The molecule has 2 saturated carbocycles. The smallest absolute Gasteiger partial charge is 0.330 e. The van der Waals surface area contributed by atoms with Crippen LogP contribution in [0.25, 0.3) is 0 Å². The number of carbonyl (C=O) groups is 2. The van der Waals surface area contributed by atoms with Gasteiger partial charge in [0.05, 0.1) is 12.5 Å². The van der Waals surface area contributed by atoms with Gasteiger partial charge in [0.2, 0.25) is 0 Å². The summed E-state index contributed by atoms with van der Waals surface area (Å²) in [4.78, 5) is 23.4. The Kier molecular flexibility index (Phi) is 5.80. The van der Waals surface area contributed by atoms with Crippen LogP contribution in [0, 0.1) is 22.7 Å². The molecule has 4 atom stereocenters. The minimum atomic E-state index is -0.656. The minimum Gasteiger partial charge on any atom is -0.481 e. The maximum absolute atomic E-state index is 12.0. The van der Waals surface area contributed by atoms with Crippen molar-refractivity contribution in [2.45, 2.75) is 65.7 Å². The lowest BCUT2D eigenvalue weighted by Gasteiger charge is -2.57. The summed E-state index contributed by atoms with van der Waals surface area (Å²) in [5, 5.41) is 9.86. The first-order valence-electron chi connectivity index (χ1n) is 9.31. The van der Waals surface area contributed by atoms with E-state index in [1.165, 1.54) is 12.7 Å². The van der Waals surface area contributed by atoms with E-state index in [1.807, 2.05) is 13.8 Å². The van der Waals surface area contributed by atoms with E-state index in [0.717, 1.165) is 50.5 Å². The van der Waals surface area contributed by atoms with Crippen molar-refractivity contribution in [2.24, 2.45) is 22.7 Å². The lowest BCUT2D eigenvalue weighted by Crippen LogP contribution is -2.53. The third-order valence-electron chi connectivity index (χ3n) is 6.90. The van der Waals surface area contributed by atoms with Gasteiger partial charge in [-0.3, -0.25) is 4.79 Å². The number of carbonyl (C=O) groups excluding carboxylic acids is 1. The van der Waals surface area contributed by atoms with E-state index in [1.54, 1.807) is 6.08 Å². The minimum absolute atomic E-state index is 0.0216. The standard InChI is InChI=1S/C21H32O4/c1-14(13-18(22)25-5)7-9-16-15(2)8-10-17-20(16,3)11-6-12-21(17,4)19(23)24/h13,16-17H,2,6-12H2,1,3-5H3,(H,23,24). The first-order chi connectivity index (χ1) is 11.6. The molecule has 0 aromatic heterocycles. The van der Waals surface area contributed by atoms with Gasteiger partial charge < -0.3 is 9.84 Å². The van der Waals surface area contributed by atoms with Crippen LogP contribution in [-0.2, 0) is 14.3 Å². The molecule has 25 heavy (non-hydrogen) atoms. The fraction of sp³-hybridized carbons (Fsp3) is 0.714. The maximum Gasteiger partial charge on any atom is 0.330 e. The fourth-order valence-electron chi connectivity index (χ4n) is 5.44. The molecule has 4 heteroatoms. The van der Waals surface area contributed by atoms with Crippen molar-refractivity contribution in [3.63, 3.8) is 0 Å². The van der Waals surface area contributed by atoms with Crippen molar-refractivity contribution in [3.05, 3.63) is 23.8 Å². The zero-order chi connectivity index (χ0) is 18.8. The Morgan fingerprint density at radius 3 is 2.64 bits per heavy atom. The summed E-state index contributed by atoms with van der Waals surface area (Å²) in [6.07, 6.45) is 7.89. The van der Waals surface area contributed by atoms with E-state index in [2.05, 4.69) is 13.5 Å². The number of fused-ring (bicyclic) bond motifs is 1. The lowest BCUT2D eigenvalue weighted by molar-refractivity contribution is -0.164. The molecule has 0 spiro atoms. The Morgan fingerprint density at radius 2 is 2.04 bits per heavy atom. The van der Waals surface area contributed by atoms with Gasteiger partial charge in [0, 0.05) is 6.08 Å². The summed E-state index contributed by atoms with van der Waals surface area (Å²) in [6, 6.07) is 0. The van der Waals surface area contributed by atoms with Crippen molar-refractivity contribution >= 4 is 11.9 Å². The topological polar surface area (TPSA) is 63.6 Å². The van der Waals surface area contributed by atoms with Gasteiger partial charge in [-0.15, -0.1) is 0 Å². The average Bonchev–Trinajstić information content (AvgIpc) is 2.53. The predicted octanol–water partition coefficient (Wildman–Crippen LogP) is 4.75. The molecule has 2 aliphatic carbocycles. The van der Waals surface area contributed by atoms with Crippen LogP contribution in [0.15, 0.2) is 23.8 Å². The highest BCUT2D eigenvalue weighted by molar-refractivity contribution is 5.82. The normalized spacial score (nSPS) is 35.8. The van der Waals surface area contributed by atoms with Crippen LogP contribution in [0.3, 0.4) is 0 Å². The number of hydrogen-bond donors (Lipinski definition) is 1. The zero-order valence-electron chi connectivity index (χ0n) is 16.1. The largest absolute Gasteiger partial charge is 0.481 e. The Morgan fingerprint density at radius 1 is 1.36 bits per heavy atom. The van der Waals surface area contributed by atoms with E-state index >= 15 is 0 Å². The third-order valence-corrected chi connectivity index (χ3v) is 6.90. The van der Waals surface area contributed by atoms with Gasteiger partial charge in [-0.25, -0.2) is 4.79 Å². The monoisotopic (exact) mass is 348 g/mol. The Balaban J connectivity index is 2.22. The summed E-state index contributed by atoms with van der Waals surface area (Å²) >= 11 is 0. The van der Waals surface area contributed by atoms with Gasteiger partial charge in [-0.1, -0.05) is 31.1 Å². The number of aliphatic carboxylic acids is 1. The van der Waals surface area contributed by atoms with Gasteiger partial charge in [0.15, 0.2) is 0 Å². The first kappa shape index (κ1) is 19.7. The molecule has 4 unspecified atom stereocenters. The molecule has 0 aromatic carbocycles. The van der Waals surface area contributed by atoms with E-state index in [9.17, 15) is 14.7 Å². The Bertz CT molecular complexity index is 591. The van der Waals surface area contributed by atoms with Crippen LogP contribution in [0.2, 0.25) is 0 Å². The number of carboxylic acid groups (broad SMARTS) is 1. The van der Waals surface area contributed by atoms with Gasteiger partial charge >= 0.3 is 11.9 Å². The summed E-state index contributed by atoms with van der Waals surface area (Å²) in [5.74, 6) is -0.477. The summed E-state index contributed by atoms with van der Waals surface area (Å²) in [5.41, 5.74) is 1.59. The second kappa shape index (κ2) is 7.35. The molecular formula is C21H32O4. The van der Waals surface area contributed by atoms with E-state index in [0.29, 0.717) is 5.92 Å². The SMILES string of the molecule is C=C1CCC2C(C)(C(=O)O)CCCC2(C)C1CCC(C)=CC(=O)OC. The number of ether oxygens (including phenoxy) is 1. The van der Waals surface area contributed by atoms with Gasteiger partial charge in [0.1, 0.15) is 0 Å². The third kappa shape index (κ3) is 3.68. The number of carboxylic acids is 1. The van der Waals surface area contributed by atoms with Crippen LogP contribution in [-0.4, -0.2) is 24.2 Å². The Labute approximate surface area is 151 Å². The number of allylic oxidation sites excluding steroid dienone is 2. The van der Waals surface area contributed by atoms with Crippen molar-refractivity contribution in [2.75, 3.05) is 7.11 Å². The molecule has 2 rings (SSSR count). The lowest BCUT2D eigenvalue weighted by atomic mass is 9.46. The van der Waals surface area contributed by atoms with Crippen LogP contribution >= 0.6 is 0 Å². The van der Waals surface area contributed by atoms with Crippen molar-refractivity contribution < 1.29 is 19.4 Å². The molecule has 0 amide bonds. The predicted molar refractivity (Wildman–Crippen MR) is 98.1 cm³/mol. The molecule has 2 fully saturated rings. The fourth-order valence-corrected chi connectivity index (χ4v) is 5.44. The quantitative estimate of drug-likeness (QED) is 0.442. The van der Waals surface area contributed by atoms with Crippen LogP contribution in [0.1, 0.15) is 65.7 Å². The zero-order valence-corrected chi connectivity index (χ0v) is 16.1. The highest BCUT2D eigenvalue weighted by atomic mass is 16.5. The second-order valence-electron chi connectivity index (χ2n) is 8.44. The van der Waals surface area contributed by atoms with Crippen LogP contribution < -0.4 is 0 Å². The van der Waals surface area contributed by atoms with Crippen LogP contribution in [0.4, 0.5) is 0 Å². The molecule has 4 nitrogen and oxygen atoms in total. The molecule has 0 saturated heterocycles. The molecule has 140 valence electrons. The molecule has 0 radical (unpaired) electrons. The molecule has 1 N–H and O–H groups in total. The average molecular weight is 348 g/mol. The first-order valence-corrected chi connectivity index (χ1v) is 9.31. The van der Waals surface area contributed by atoms with Gasteiger partial charge in [-0.05, 0) is 69.6 Å². The van der Waals surface area contributed by atoms with E-state index in [4.69, 9.17) is 4.74 Å². The number of hydrogen-bond acceptors (Lipinski definition) is 3. The highest BCUT2D eigenvalue weighted by Gasteiger charge is 2.57. The summed E-state index contributed by atoms with van der Waals surface area (Å²) in [6.45, 7) is 10.5. The number of rotatable bonds is 5. The van der Waals surface area contributed by atoms with Gasteiger partial charge in [0.25, 0.3) is 0 Å². The number of methoxy groups -OCH3 is 1. The van der Waals surface area contributed by atoms with E-state index in [-0.39, 0.29) is 17.3 Å². The number of esters is 1. The second-order valence-corrected chi connectivity index (χ2v) is 8.44. The molecule has 0 heterocycles. The van der Waals surface area contributed by atoms with Crippen molar-refractivity contribution in [1.82, 2.24) is 0 Å². The van der Waals surface area contributed by atoms with Crippen LogP contribution in [0.5, 0.6) is 0 Å². The van der Waals surface area contributed by atoms with Crippen molar-refractivity contribution in [1.29, 1.82) is 0 Å². The summed E-state index contributed by atoms with van der Waals surface area (Å²) < 4.78 is 4.70. The molecular weight excluding hydrogens is 316 g/mol. The van der Waals surface area contributed by atoms with Gasteiger partial charge in [-0.2, -0.15) is 0 Å².